The number of anilines is 2. The van der Waals surface area contributed by atoms with Crippen molar-refractivity contribution in [2.45, 2.75) is 52.1 Å². The molecule has 2 aromatic heterocycles. The standard InChI is InChI=1S/C30H35N5O4/c1-21-17-27(33-26(32-21)13-14-28(36)37)34-29(38)30(15-5-4-6-16-30)18-22-7-8-23(31-19-22)20-39-25-11-9-24(10-12-25)35(2)3/h7-14,17,19H,4-6,15-16,18,20H2,1-3H3,(H,36,37)(H,32,33,34,38)/b14-13+. The number of benzene rings is 1. The molecule has 0 radical (unpaired) electrons. The molecule has 1 saturated carbocycles. The zero-order chi connectivity index (χ0) is 27.8. The van der Waals surface area contributed by atoms with Crippen molar-refractivity contribution in [3.63, 3.8) is 0 Å². The second-order valence-electron chi connectivity index (χ2n) is 10.2. The molecule has 2 heterocycles. The number of aromatic nitrogens is 3. The monoisotopic (exact) mass is 529 g/mol. The van der Waals surface area contributed by atoms with Gasteiger partial charge in [-0.1, -0.05) is 25.3 Å². The minimum Gasteiger partial charge on any atom is -0.487 e. The van der Waals surface area contributed by atoms with E-state index in [1.165, 1.54) is 6.08 Å². The lowest BCUT2D eigenvalue weighted by atomic mass is 9.69. The molecule has 0 spiro atoms. The number of aryl methyl sites for hydroxylation is 1. The Balaban J connectivity index is 1.43. The molecule has 9 heteroatoms. The summed E-state index contributed by atoms with van der Waals surface area (Å²) < 4.78 is 5.90. The van der Waals surface area contributed by atoms with Gasteiger partial charge in [0.1, 0.15) is 18.2 Å². The average Bonchev–Trinajstić information content (AvgIpc) is 2.92. The van der Waals surface area contributed by atoms with Gasteiger partial charge in [-0.15, -0.1) is 0 Å². The van der Waals surface area contributed by atoms with Crippen LogP contribution in [0.1, 0.15) is 54.9 Å². The van der Waals surface area contributed by atoms with E-state index in [0.29, 0.717) is 24.5 Å². The van der Waals surface area contributed by atoms with E-state index in [4.69, 9.17) is 9.84 Å². The third-order valence-electron chi connectivity index (χ3n) is 6.95. The Morgan fingerprint density at radius 2 is 1.82 bits per heavy atom. The maximum Gasteiger partial charge on any atom is 0.328 e. The zero-order valence-electron chi connectivity index (χ0n) is 22.7. The summed E-state index contributed by atoms with van der Waals surface area (Å²) in [6.07, 6.45) is 9.34. The summed E-state index contributed by atoms with van der Waals surface area (Å²) >= 11 is 0. The van der Waals surface area contributed by atoms with E-state index in [2.05, 4.69) is 20.3 Å². The van der Waals surface area contributed by atoms with Gasteiger partial charge in [-0.2, -0.15) is 0 Å². The largest absolute Gasteiger partial charge is 0.487 e. The van der Waals surface area contributed by atoms with Crippen molar-refractivity contribution in [3.05, 3.63) is 77.5 Å². The van der Waals surface area contributed by atoms with E-state index in [-0.39, 0.29) is 11.7 Å². The fourth-order valence-corrected chi connectivity index (χ4v) is 4.87. The maximum atomic E-state index is 13.6. The molecule has 0 aliphatic heterocycles. The highest BCUT2D eigenvalue weighted by Crippen LogP contribution is 2.40. The van der Waals surface area contributed by atoms with Gasteiger partial charge >= 0.3 is 5.97 Å². The summed E-state index contributed by atoms with van der Waals surface area (Å²) in [6.45, 7) is 2.14. The maximum absolute atomic E-state index is 13.6. The van der Waals surface area contributed by atoms with Gasteiger partial charge in [0.2, 0.25) is 5.91 Å². The number of carboxylic acids is 1. The summed E-state index contributed by atoms with van der Waals surface area (Å²) in [4.78, 5) is 39.7. The van der Waals surface area contributed by atoms with Crippen LogP contribution < -0.4 is 15.0 Å². The third kappa shape index (κ3) is 7.63. The van der Waals surface area contributed by atoms with Crippen LogP contribution in [0.2, 0.25) is 0 Å². The number of pyridine rings is 1. The molecule has 204 valence electrons. The lowest BCUT2D eigenvalue weighted by molar-refractivity contribution is -0.131. The highest BCUT2D eigenvalue weighted by atomic mass is 16.5. The van der Waals surface area contributed by atoms with E-state index in [0.717, 1.165) is 60.9 Å². The predicted molar refractivity (Wildman–Crippen MR) is 151 cm³/mol. The first-order valence-electron chi connectivity index (χ1n) is 13.1. The average molecular weight is 530 g/mol. The lowest BCUT2D eigenvalue weighted by Gasteiger charge is -2.36. The van der Waals surface area contributed by atoms with Crippen molar-refractivity contribution < 1.29 is 19.4 Å². The molecule has 1 aromatic carbocycles. The number of carbonyl (C=O) groups is 2. The minimum atomic E-state index is -1.09. The Kier molecular flexibility index (Phi) is 8.91. The topological polar surface area (TPSA) is 118 Å². The number of aliphatic carboxylic acids is 1. The Bertz CT molecular complexity index is 1310. The Morgan fingerprint density at radius 3 is 2.46 bits per heavy atom. The van der Waals surface area contributed by atoms with Crippen LogP contribution in [0.3, 0.4) is 0 Å². The minimum absolute atomic E-state index is 0.0814. The van der Waals surface area contributed by atoms with Gasteiger partial charge in [0.05, 0.1) is 11.1 Å². The molecule has 0 bridgehead atoms. The second-order valence-corrected chi connectivity index (χ2v) is 10.2. The molecule has 0 saturated heterocycles. The Hall–Kier alpha value is -4.27. The quantitative estimate of drug-likeness (QED) is 0.350. The number of carbonyl (C=O) groups excluding carboxylic acids is 1. The number of nitrogens with zero attached hydrogens (tertiary/aromatic N) is 4. The summed E-state index contributed by atoms with van der Waals surface area (Å²) in [5.74, 6) is 0.220. The zero-order valence-corrected chi connectivity index (χ0v) is 22.7. The van der Waals surface area contributed by atoms with Crippen LogP contribution in [-0.2, 0) is 22.6 Å². The van der Waals surface area contributed by atoms with Gasteiger partial charge in [-0.25, -0.2) is 14.8 Å². The van der Waals surface area contributed by atoms with E-state index in [1.54, 1.807) is 13.0 Å². The van der Waals surface area contributed by atoms with Crippen LogP contribution in [0.4, 0.5) is 11.5 Å². The van der Waals surface area contributed by atoms with Crippen LogP contribution >= 0.6 is 0 Å². The number of hydrogen-bond donors (Lipinski definition) is 2. The molecule has 1 amide bonds. The number of carboxylic acid groups (broad SMARTS) is 1. The number of ether oxygens (including phenoxy) is 1. The van der Waals surface area contributed by atoms with Crippen LogP contribution in [-0.4, -0.2) is 46.0 Å². The summed E-state index contributed by atoms with van der Waals surface area (Å²) in [5, 5.41) is 11.9. The van der Waals surface area contributed by atoms with Crippen molar-refractivity contribution >= 4 is 29.5 Å². The van der Waals surface area contributed by atoms with Crippen LogP contribution in [0, 0.1) is 12.3 Å². The van der Waals surface area contributed by atoms with Crippen LogP contribution in [0.15, 0.2) is 54.7 Å². The number of hydrogen-bond acceptors (Lipinski definition) is 7. The molecule has 39 heavy (non-hydrogen) atoms. The number of nitrogens with one attached hydrogen (secondary N) is 1. The fourth-order valence-electron chi connectivity index (χ4n) is 4.87. The van der Waals surface area contributed by atoms with Crippen LogP contribution in [0.5, 0.6) is 5.75 Å². The SMILES string of the molecule is Cc1cc(NC(=O)C2(Cc3ccc(COc4ccc(N(C)C)cc4)nc3)CCCCC2)nc(/C=C/C(=O)O)n1. The Labute approximate surface area is 229 Å². The van der Waals surface area contributed by atoms with Gasteiger partial charge in [-0.3, -0.25) is 9.78 Å². The first-order chi connectivity index (χ1) is 18.7. The molecule has 3 aromatic rings. The van der Waals surface area contributed by atoms with E-state index in [9.17, 15) is 9.59 Å². The predicted octanol–water partition coefficient (Wildman–Crippen LogP) is 5.05. The first-order valence-corrected chi connectivity index (χ1v) is 13.1. The van der Waals surface area contributed by atoms with Gasteiger partial charge in [-0.05, 0) is 68.2 Å². The molecular weight excluding hydrogens is 494 g/mol. The van der Waals surface area contributed by atoms with Gasteiger partial charge < -0.3 is 20.1 Å². The van der Waals surface area contributed by atoms with Crippen molar-refractivity contribution in [1.29, 1.82) is 0 Å². The molecule has 1 aliphatic rings. The Morgan fingerprint density at radius 1 is 1.08 bits per heavy atom. The third-order valence-corrected chi connectivity index (χ3v) is 6.95. The van der Waals surface area contributed by atoms with E-state index in [1.807, 2.05) is 61.6 Å². The molecule has 0 atom stereocenters. The van der Waals surface area contributed by atoms with Crippen molar-refractivity contribution in [1.82, 2.24) is 15.0 Å². The summed E-state index contributed by atoms with van der Waals surface area (Å²) in [6, 6.07) is 13.6. The van der Waals surface area contributed by atoms with E-state index < -0.39 is 11.4 Å². The smallest absolute Gasteiger partial charge is 0.328 e. The van der Waals surface area contributed by atoms with Gasteiger partial charge in [0, 0.05) is 43.8 Å². The number of rotatable bonds is 10. The second kappa shape index (κ2) is 12.5. The highest BCUT2D eigenvalue weighted by molar-refractivity contribution is 5.95. The van der Waals surface area contributed by atoms with Crippen molar-refractivity contribution in [2.24, 2.45) is 5.41 Å². The van der Waals surface area contributed by atoms with Gasteiger partial charge in [0.15, 0.2) is 5.82 Å². The summed E-state index contributed by atoms with van der Waals surface area (Å²) in [7, 11) is 4.00. The van der Waals surface area contributed by atoms with Crippen LogP contribution in [0.25, 0.3) is 6.08 Å². The molecule has 9 nitrogen and oxygen atoms in total. The lowest BCUT2D eigenvalue weighted by Crippen LogP contribution is -2.40. The molecule has 1 fully saturated rings. The highest BCUT2D eigenvalue weighted by Gasteiger charge is 2.39. The van der Waals surface area contributed by atoms with Crippen molar-refractivity contribution in [3.8, 4) is 5.75 Å². The number of amides is 1. The molecule has 2 N–H and O–H groups in total. The molecule has 4 rings (SSSR count). The fraction of sp³-hybridized carbons (Fsp3) is 0.367. The summed E-state index contributed by atoms with van der Waals surface area (Å²) in [5.41, 5.74) is 2.99. The molecule has 1 aliphatic carbocycles. The van der Waals surface area contributed by atoms with E-state index >= 15 is 0 Å². The molecule has 0 unspecified atom stereocenters. The van der Waals surface area contributed by atoms with Crippen molar-refractivity contribution in [2.75, 3.05) is 24.3 Å². The first kappa shape index (κ1) is 27.8. The normalized spacial score (nSPS) is 14.6. The van der Waals surface area contributed by atoms with Gasteiger partial charge in [0.25, 0.3) is 0 Å². The molecular formula is C30H35N5O4.